The maximum absolute atomic E-state index is 11.2. The van der Waals surface area contributed by atoms with Crippen molar-refractivity contribution in [3.63, 3.8) is 0 Å². The fourth-order valence-electron chi connectivity index (χ4n) is 8.08. The third kappa shape index (κ3) is 2.42. The molecule has 2 heteroatoms. The lowest BCUT2D eigenvalue weighted by Gasteiger charge is -2.61. The molecule has 8 rings (SSSR count). The van der Waals surface area contributed by atoms with E-state index in [-0.39, 0.29) is 5.41 Å². The van der Waals surface area contributed by atoms with Gasteiger partial charge in [-0.2, -0.15) is 10.5 Å². The molecule has 0 radical (unpaired) electrons. The summed E-state index contributed by atoms with van der Waals surface area (Å²) in [5.41, 5.74) is 6.42. The Hall–Kier alpha value is -4.40. The van der Waals surface area contributed by atoms with Gasteiger partial charge >= 0.3 is 0 Å². The Labute approximate surface area is 224 Å². The number of benzene rings is 4. The topological polar surface area (TPSA) is 47.6 Å². The minimum Gasteiger partial charge on any atom is -0.197 e. The summed E-state index contributed by atoms with van der Waals surface area (Å²) in [6, 6.07) is 43.6. The maximum Gasteiger partial charge on any atom is 0.117 e. The highest BCUT2D eigenvalue weighted by Crippen LogP contribution is 2.70. The molecule has 0 spiro atoms. The van der Waals surface area contributed by atoms with Crippen LogP contribution in [-0.4, -0.2) is 0 Å². The van der Waals surface area contributed by atoms with Crippen molar-refractivity contribution in [3.05, 3.63) is 154 Å². The molecule has 182 valence electrons. The smallest absolute Gasteiger partial charge is 0.117 e. The van der Waals surface area contributed by atoms with Crippen LogP contribution in [-0.2, 0) is 16.2 Å². The Bertz CT molecular complexity index is 1620. The summed E-state index contributed by atoms with van der Waals surface area (Å²) in [6.07, 6.45) is 1.43. The van der Waals surface area contributed by atoms with Gasteiger partial charge in [0.2, 0.25) is 0 Å². The number of hydrogen-bond donors (Lipinski definition) is 0. The second-order valence-electron chi connectivity index (χ2n) is 11.5. The lowest BCUT2D eigenvalue weighted by atomic mass is 9.39. The third-order valence-electron chi connectivity index (χ3n) is 9.93. The third-order valence-corrected chi connectivity index (χ3v) is 9.93. The van der Waals surface area contributed by atoms with E-state index in [1.165, 1.54) is 22.3 Å². The van der Waals surface area contributed by atoms with Crippen molar-refractivity contribution >= 4 is 0 Å². The molecule has 4 aromatic carbocycles. The zero-order valence-corrected chi connectivity index (χ0v) is 21.7. The van der Waals surface area contributed by atoms with Crippen molar-refractivity contribution in [1.29, 1.82) is 10.5 Å². The average molecular weight is 489 g/mol. The van der Waals surface area contributed by atoms with Crippen LogP contribution in [0.15, 0.2) is 120 Å². The molecule has 0 saturated carbocycles. The zero-order chi connectivity index (χ0) is 26.2. The van der Waals surface area contributed by atoms with Crippen LogP contribution in [0.5, 0.6) is 0 Å². The van der Waals surface area contributed by atoms with Crippen molar-refractivity contribution in [2.75, 3.05) is 0 Å². The van der Waals surface area contributed by atoms with Crippen LogP contribution in [0.2, 0.25) is 0 Å². The molecule has 0 unspecified atom stereocenters. The lowest BCUT2D eigenvalue weighted by molar-refractivity contribution is 0.238. The Morgan fingerprint density at radius 1 is 0.526 bits per heavy atom. The van der Waals surface area contributed by atoms with Crippen LogP contribution in [0, 0.1) is 28.1 Å². The van der Waals surface area contributed by atoms with Gasteiger partial charge in [-0.15, -0.1) is 0 Å². The summed E-state index contributed by atoms with van der Waals surface area (Å²) in [4.78, 5) is 0. The fraction of sp³-hybridized carbons (Fsp3) is 0.222. The molecule has 0 saturated heterocycles. The van der Waals surface area contributed by atoms with Crippen molar-refractivity contribution in [2.45, 2.75) is 42.9 Å². The van der Waals surface area contributed by atoms with Gasteiger partial charge in [0.25, 0.3) is 0 Å². The largest absolute Gasteiger partial charge is 0.197 e. The number of hydrogen-bond acceptors (Lipinski definition) is 2. The van der Waals surface area contributed by atoms with E-state index in [9.17, 15) is 10.5 Å². The van der Waals surface area contributed by atoms with E-state index < -0.39 is 16.2 Å². The molecular weight excluding hydrogens is 460 g/mol. The molecule has 4 aromatic rings. The Kier molecular flexibility index (Phi) is 4.53. The molecule has 0 fully saturated rings. The number of nitriles is 2. The second-order valence-corrected chi connectivity index (χ2v) is 11.5. The molecule has 0 N–H and O–H groups in total. The number of allylic oxidation sites excluding steroid dienone is 2. The fourth-order valence-corrected chi connectivity index (χ4v) is 8.08. The Balaban J connectivity index is 1.64. The van der Waals surface area contributed by atoms with Gasteiger partial charge in [0, 0.05) is 10.8 Å². The van der Waals surface area contributed by atoms with E-state index in [4.69, 9.17) is 0 Å². The maximum atomic E-state index is 11.2. The standard InChI is InChI=1S/C36H28N2/c1-33(2)31-22-35(25-13-5-3-6-14-25,26-15-7-4-8-16-26)32(31)21-34(23-37)27-17-9-11-19-29(27)36(33,24-38)30-20-12-10-18-28(30)34/h3-20H,21-22H2,1-2H3. The highest BCUT2D eigenvalue weighted by atomic mass is 14.7. The molecule has 4 aliphatic carbocycles. The van der Waals surface area contributed by atoms with Gasteiger partial charge in [0.1, 0.15) is 10.8 Å². The predicted octanol–water partition coefficient (Wildman–Crippen LogP) is 7.74. The predicted molar refractivity (Wildman–Crippen MR) is 149 cm³/mol. The Morgan fingerprint density at radius 3 is 1.42 bits per heavy atom. The van der Waals surface area contributed by atoms with Crippen LogP contribution < -0.4 is 0 Å². The highest BCUT2D eigenvalue weighted by molar-refractivity contribution is 5.73. The summed E-state index contributed by atoms with van der Waals surface area (Å²) in [5.74, 6) is 0. The highest BCUT2D eigenvalue weighted by Gasteiger charge is 2.66. The van der Waals surface area contributed by atoms with Crippen molar-refractivity contribution in [2.24, 2.45) is 5.41 Å². The molecule has 4 aliphatic rings. The Morgan fingerprint density at radius 2 is 0.974 bits per heavy atom. The van der Waals surface area contributed by atoms with E-state index in [0.717, 1.165) is 28.7 Å². The average Bonchev–Trinajstić information content (AvgIpc) is 2.96. The summed E-state index contributed by atoms with van der Waals surface area (Å²) >= 11 is 0. The van der Waals surface area contributed by atoms with Crippen LogP contribution in [0.4, 0.5) is 0 Å². The molecule has 38 heavy (non-hydrogen) atoms. The lowest BCUT2D eigenvalue weighted by Crippen LogP contribution is -2.57. The summed E-state index contributed by atoms with van der Waals surface area (Å²) in [6.45, 7) is 4.51. The first-order valence-corrected chi connectivity index (χ1v) is 13.3. The minimum atomic E-state index is -0.902. The normalized spacial score (nSPS) is 25.4. The molecule has 0 aliphatic heterocycles. The summed E-state index contributed by atoms with van der Waals surface area (Å²) < 4.78 is 0. The zero-order valence-electron chi connectivity index (χ0n) is 21.7. The van der Waals surface area contributed by atoms with Crippen LogP contribution in [0.25, 0.3) is 0 Å². The van der Waals surface area contributed by atoms with Crippen molar-refractivity contribution in [3.8, 4) is 12.1 Å². The molecule has 2 bridgehead atoms. The molecule has 0 heterocycles. The first kappa shape index (κ1) is 22.8. The van der Waals surface area contributed by atoms with Gasteiger partial charge in [-0.1, -0.05) is 134 Å². The monoisotopic (exact) mass is 488 g/mol. The first-order valence-electron chi connectivity index (χ1n) is 13.3. The molecule has 2 nitrogen and oxygen atoms in total. The first-order chi connectivity index (χ1) is 18.5. The van der Waals surface area contributed by atoms with Gasteiger partial charge in [-0.05, 0) is 46.2 Å². The second kappa shape index (κ2) is 7.56. The van der Waals surface area contributed by atoms with Gasteiger partial charge < -0.3 is 0 Å². The number of rotatable bonds is 2. The SMILES string of the molecule is CC1(C)C2=C(CC3(C#N)c4ccccc4C1(C#N)c1ccccc13)C(c1ccccc1)(c1ccccc1)C2. The van der Waals surface area contributed by atoms with Crippen LogP contribution in [0.1, 0.15) is 60.1 Å². The molecular formula is C36H28N2. The van der Waals surface area contributed by atoms with E-state index >= 15 is 0 Å². The van der Waals surface area contributed by atoms with Crippen molar-refractivity contribution in [1.82, 2.24) is 0 Å². The van der Waals surface area contributed by atoms with E-state index in [2.05, 4.69) is 111 Å². The molecule has 0 amide bonds. The molecule has 0 aromatic heterocycles. The van der Waals surface area contributed by atoms with Crippen LogP contribution >= 0.6 is 0 Å². The van der Waals surface area contributed by atoms with Gasteiger partial charge in [0.15, 0.2) is 0 Å². The summed E-state index contributed by atoms with van der Waals surface area (Å²) in [7, 11) is 0. The van der Waals surface area contributed by atoms with E-state index in [0.29, 0.717) is 6.42 Å². The number of nitrogens with zero attached hydrogens (tertiary/aromatic N) is 2. The van der Waals surface area contributed by atoms with Crippen molar-refractivity contribution < 1.29 is 0 Å². The molecule has 0 atom stereocenters. The van der Waals surface area contributed by atoms with E-state index in [1.807, 2.05) is 24.3 Å². The quantitative estimate of drug-likeness (QED) is 0.271. The van der Waals surface area contributed by atoms with E-state index in [1.54, 1.807) is 0 Å². The van der Waals surface area contributed by atoms with Crippen LogP contribution in [0.3, 0.4) is 0 Å². The van der Waals surface area contributed by atoms with Gasteiger partial charge in [-0.25, -0.2) is 0 Å². The summed E-state index contributed by atoms with van der Waals surface area (Å²) in [5, 5.41) is 22.4. The van der Waals surface area contributed by atoms with Gasteiger partial charge in [0.05, 0.1) is 12.1 Å². The van der Waals surface area contributed by atoms with Gasteiger partial charge in [-0.3, -0.25) is 0 Å². The minimum absolute atomic E-state index is 0.336.